The summed E-state index contributed by atoms with van der Waals surface area (Å²) >= 11 is 10.9. The summed E-state index contributed by atoms with van der Waals surface area (Å²) in [6, 6.07) is 33.1. The lowest BCUT2D eigenvalue weighted by Gasteiger charge is -2.29. The Balaban J connectivity index is 1.24. The summed E-state index contributed by atoms with van der Waals surface area (Å²) in [7, 11) is -2.07. The zero-order valence-corrected chi connectivity index (χ0v) is 39.5. The average molecular weight is 899 g/mol. The predicted octanol–water partition coefficient (Wildman–Crippen LogP) is 15.8. The second kappa shape index (κ2) is 20.4. The van der Waals surface area contributed by atoms with E-state index >= 15 is 0 Å². The second-order valence-corrected chi connectivity index (χ2v) is 25.9. The molecule has 0 amide bonds. The van der Waals surface area contributed by atoms with E-state index in [1.807, 2.05) is 81.8 Å². The average Bonchev–Trinajstić information content (AvgIpc) is 4.11. The maximum Gasteiger partial charge on any atom is 0.131 e. The van der Waals surface area contributed by atoms with Crippen LogP contribution in [0.5, 0.6) is 0 Å². The van der Waals surface area contributed by atoms with E-state index in [-0.39, 0.29) is 11.1 Å². The molecule has 0 fully saturated rings. The standard InChI is InChI=1S/C48H46N4S6Si/c1-3-5-7-9-11-13-23-59(24-14-12-10-8-6-4-2)45-27-43(41-21-19-39(55-41)37-17-15-35(53-37)25-33(29-49)30-50)57-47(45)48-46(59)28-44(58-48)42-22-20-40(56-42)38-18-16-36(54-38)26-34(31-51)32-52/h15-22,25-28H,3-14,23-24H2,1-2H3. The van der Waals surface area contributed by atoms with Gasteiger partial charge in [-0.25, -0.2) is 0 Å². The van der Waals surface area contributed by atoms with Gasteiger partial charge in [0, 0.05) is 58.5 Å². The van der Waals surface area contributed by atoms with Crippen molar-refractivity contribution in [3.63, 3.8) is 0 Å². The van der Waals surface area contributed by atoms with E-state index in [1.165, 1.54) is 128 Å². The van der Waals surface area contributed by atoms with Crippen LogP contribution < -0.4 is 10.4 Å². The SMILES string of the molecule is CCCCCCCC[Si]1(CCCCCCCC)c2cc(-c3ccc(-c4ccc(C=C(C#N)C#N)s4)s3)sc2-c2sc(-c3ccc(-c4ccc(C=C(C#N)C#N)s4)s3)cc21. The number of hydrogen-bond acceptors (Lipinski definition) is 10. The molecule has 0 saturated heterocycles. The van der Waals surface area contributed by atoms with Crippen LogP contribution in [-0.4, -0.2) is 8.07 Å². The molecule has 7 rings (SSSR count). The van der Waals surface area contributed by atoms with Crippen molar-refractivity contribution < 1.29 is 0 Å². The predicted molar refractivity (Wildman–Crippen MR) is 261 cm³/mol. The molecule has 0 radical (unpaired) electrons. The van der Waals surface area contributed by atoms with Crippen molar-refractivity contribution in [1.82, 2.24) is 0 Å². The highest BCUT2D eigenvalue weighted by molar-refractivity contribution is 7.34. The minimum atomic E-state index is -2.07. The first-order chi connectivity index (χ1) is 28.9. The third kappa shape index (κ3) is 9.75. The van der Waals surface area contributed by atoms with E-state index in [2.05, 4.69) is 62.4 Å². The molecule has 6 aromatic heterocycles. The number of thiophene rings is 6. The van der Waals surface area contributed by atoms with Gasteiger partial charge in [0.05, 0.1) is 0 Å². The molecule has 0 bridgehead atoms. The summed E-state index contributed by atoms with van der Waals surface area (Å²) in [6.45, 7) is 4.60. The van der Waals surface area contributed by atoms with E-state index in [0.29, 0.717) is 0 Å². The van der Waals surface area contributed by atoms with Crippen LogP contribution in [0, 0.1) is 45.3 Å². The number of hydrogen-bond donors (Lipinski definition) is 0. The van der Waals surface area contributed by atoms with Gasteiger partial charge in [0.15, 0.2) is 0 Å². The highest BCUT2D eigenvalue weighted by Crippen LogP contribution is 2.50. The molecule has 298 valence electrons. The van der Waals surface area contributed by atoms with Crippen molar-refractivity contribution in [3.05, 3.63) is 81.6 Å². The van der Waals surface area contributed by atoms with Crippen molar-refractivity contribution in [1.29, 1.82) is 21.0 Å². The van der Waals surface area contributed by atoms with Gasteiger partial charge in [-0.1, -0.05) is 90.9 Å². The quantitative estimate of drug-likeness (QED) is 0.0433. The fraction of sp³-hybridized carbons (Fsp3) is 0.333. The lowest BCUT2D eigenvalue weighted by atomic mass is 10.1. The number of unbranched alkanes of at least 4 members (excludes halogenated alkanes) is 10. The molecular weight excluding hydrogens is 853 g/mol. The third-order valence-electron chi connectivity index (χ3n) is 11.1. The maximum atomic E-state index is 9.27. The first kappa shape index (κ1) is 43.0. The molecule has 4 nitrogen and oxygen atoms in total. The Morgan fingerprint density at radius 1 is 0.441 bits per heavy atom. The molecule has 59 heavy (non-hydrogen) atoms. The highest BCUT2D eigenvalue weighted by atomic mass is 32.1. The van der Waals surface area contributed by atoms with Gasteiger partial charge in [0.25, 0.3) is 0 Å². The van der Waals surface area contributed by atoms with E-state index in [1.54, 1.807) is 45.2 Å². The summed E-state index contributed by atoms with van der Waals surface area (Å²) in [5, 5.41) is 40.4. The van der Waals surface area contributed by atoms with Crippen LogP contribution in [-0.2, 0) is 0 Å². The van der Waals surface area contributed by atoms with Crippen LogP contribution in [0.4, 0.5) is 0 Å². The lowest BCUT2D eigenvalue weighted by Crippen LogP contribution is -2.54. The maximum absolute atomic E-state index is 9.27. The molecule has 0 atom stereocenters. The van der Waals surface area contributed by atoms with Crippen LogP contribution in [0.2, 0.25) is 12.1 Å². The van der Waals surface area contributed by atoms with E-state index in [9.17, 15) is 21.0 Å². The van der Waals surface area contributed by atoms with Gasteiger partial charge >= 0.3 is 0 Å². The van der Waals surface area contributed by atoms with Crippen LogP contribution in [0.25, 0.3) is 60.9 Å². The number of nitriles is 4. The molecule has 0 aromatic carbocycles. The molecular formula is C48H46N4S6Si. The molecule has 1 aliphatic heterocycles. The molecule has 11 heteroatoms. The van der Waals surface area contributed by atoms with Gasteiger partial charge in [-0.15, -0.1) is 68.0 Å². The Labute approximate surface area is 374 Å². The topological polar surface area (TPSA) is 95.2 Å². The van der Waals surface area contributed by atoms with Gasteiger partial charge in [-0.05, 0) is 95.3 Å². The second-order valence-electron chi connectivity index (χ2n) is 15.1. The monoisotopic (exact) mass is 898 g/mol. The lowest BCUT2D eigenvalue weighted by molar-refractivity contribution is 0.616. The van der Waals surface area contributed by atoms with Crippen molar-refractivity contribution >= 4 is 98.6 Å². The Morgan fingerprint density at radius 3 is 1.17 bits per heavy atom. The molecule has 0 spiro atoms. The first-order valence-electron chi connectivity index (χ1n) is 20.7. The van der Waals surface area contributed by atoms with Crippen molar-refractivity contribution in [3.8, 4) is 73.0 Å². The Bertz CT molecular complexity index is 2410. The Hall–Kier alpha value is -4.14. The molecule has 6 aromatic rings. The van der Waals surface area contributed by atoms with Crippen LogP contribution in [0.1, 0.15) is 101 Å². The number of allylic oxidation sites excluding steroid dienone is 2. The molecule has 7 heterocycles. The van der Waals surface area contributed by atoms with Gasteiger partial charge < -0.3 is 0 Å². The van der Waals surface area contributed by atoms with Gasteiger partial charge in [0.2, 0.25) is 0 Å². The highest BCUT2D eigenvalue weighted by Gasteiger charge is 2.47. The van der Waals surface area contributed by atoms with Gasteiger partial charge in [0.1, 0.15) is 43.5 Å². The Morgan fingerprint density at radius 2 is 0.780 bits per heavy atom. The summed E-state index contributed by atoms with van der Waals surface area (Å²) in [4.78, 5) is 15.0. The molecule has 0 aliphatic carbocycles. The van der Waals surface area contributed by atoms with E-state index < -0.39 is 8.07 Å². The van der Waals surface area contributed by atoms with Crippen molar-refractivity contribution in [2.75, 3.05) is 0 Å². The fourth-order valence-corrected chi connectivity index (χ4v) is 21.8. The molecule has 0 N–H and O–H groups in total. The fourth-order valence-electron chi connectivity index (χ4n) is 8.09. The first-order valence-corrected chi connectivity index (χ1v) is 28.0. The van der Waals surface area contributed by atoms with E-state index in [4.69, 9.17) is 0 Å². The van der Waals surface area contributed by atoms with Crippen LogP contribution in [0.3, 0.4) is 0 Å². The van der Waals surface area contributed by atoms with Crippen LogP contribution >= 0.6 is 68.0 Å². The minimum Gasteiger partial charge on any atom is -0.192 e. The number of rotatable bonds is 20. The molecule has 1 aliphatic rings. The summed E-state index contributed by atoms with van der Waals surface area (Å²) in [5.74, 6) is 0. The smallest absolute Gasteiger partial charge is 0.131 e. The molecule has 0 saturated carbocycles. The van der Waals surface area contributed by atoms with Gasteiger partial charge in [-0.2, -0.15) is 21.0 Å². The summed E-state index contributed by atoms with van der Waals surface area (Å²) in [6.07, 6.45) is 19.1. The zero-order valence-electron chi connectivity index (χ0n) is 33.6. The molecule has 0 unspecified atom stereocenters. The Kier molecular flexibility index (Phi) is 14.9. The zero-order chi connectivity index (χ0) is 41.2. The third-order valence-corrected chi connectivity index (χ3v) is 24.2. The number of nitrogens with zero attached hydrogens (tertiary/aromatic N) is 4. The minimum absolute atomic E-state index is 0.126. The number of fused-ring (bicyclic) bond motifs is 3. The van der Waals surface area contributed by atoms with Gasteiger partial charge in [-0.3, -0.25) is 0 Å². The summed E-state index contributed by atoms with van der Waals surface area (Å²) < 4.78 is 0. The van der Waals surface area contributed by atoms with Crippen LogP contribution in [0.15, 0.2) is 71.8 Å². The normalized spacial score (nSPS) is 12.2. The van der Waals surface area contributed by atoms with Crippen molar-refractivity contribution in [2.24, 2.45) is 0 Å². The van der Waals surface area contributed by atoms with Crippen molar-refractivity contribution in [2.45, 2.75) is 103 Å². The van der Waals surface area contributed by atoms with E-state index in [0.717, 1.165) is 19.5 Å². The summed E-state index contributed by atoms with van der Waals surface area (Å²) in [5.41, 5.74) is 0.253. The largest absolute Gasteiger partial charge is 0.192 e.